The van der Waals surface area contributed by atoms with Gasteiger partial charge in [-0.25, -0.2) is 0 Å². The second-order valence-electron chi connectivity index (χ2n) is 7.69. The van der Waals surface area contributed by atoms with Gasteiger partial charge in [-0.1, -0.05) is 26.8 Å². The standard InChI is InChI=1S/C19H23N5O3S2/c1-10-8-9-13(28-10)15(19(2,3)4)22-18-17(23-29(27)24-18)21-12-7-5-6-11(14(12)25)16(20)26/h5-9,15,25H,1-4H3,(H2,20,26)(H,21,23)(H,22,24)/t15-,29?/m0/s1. The maximum absolute atomic E-state index is 12.0. The molecule has 1 amide bonds. The fraction of sp³-hybridized carbons (Fsp3) is 0.316. The van der Waals surface area contributed by atoms with Crippen molar-refractivity contribution < 1.29 is 14.5 Å². The number of aryl methyl sites for hydroxylation is 1. The minimum atomic E-state index is -1.79. The van der Waals surface area contributed by atoms with Crippen molar-refractivity contribution in [2.45, 2.75) is 33.7 Å². The first kappa shape index (κ1) is 21.0. The molecule has 10 heteroatoms. The molecule has 0 spiro atoms. The number of hydrogen-bond acceptors (Lipinski definition) is 8. The average molecular weight is 434 g/mol. The van der Waals surface area contributed by atoms with Crippen LogP contribution in [0.3, 0.4) is 0 Å². The number of aromatic hydroxyl groups is 1. The van der Waals surface area contributed by atoms with E-state index in [4.69, 9.17) is 5.73 Å². The normalized spacial score (nSPS) is 13.2. The lowest BCUT2D eigenvalue weighted by atomic mass is 9.86. The van der Waals surface area contributed by atoms with E-state index in [1.165, 1.54) is 10.9 Å². The number of carbonyl (C=O) groups excluding carboxylic acids is 1. The molecule has 2 aromatic heterocycles. The Labute approximate surface area is 175 Å². The lowest BCUT2D eigenvalue weighted by Gasteiger charge is -2.30. The van der Waals surface area contributed by atoms with Gasteiger partial charge in [0.1, 0.15) is 0 Å². The van der Waals surface area contributed by atoms with Gasteiger partial charge in [-0.05, 0) is 36.6 Å². The first-order valence-electron chi connectivity index (χ1n) is 8.87. The fourth-order valence-corrected chi connectivity index (χ4v) is 4.67. The molecule has 1 unspecified atom stereocenters. The Morgan fingerprint density at radius 1 is 1.24 bits per heavy atom. The highest BCUT2D eigenvalue weighted by molar-refractivity contribution is 7.14. The van der Waals surface area contributed by atoms with Gasteiger partial charge in [0.2, 0.25) is 11.6 Å². The van der Waals surface area contributed by atoms with Crippen molar-refractivity contribution in [1.82, 2.24) is 8.75 Å². The molecule has 29 heavy (non-hydrogen) atoms. The molecule has 0 bridgehead atoms. The number of amides is 1. The van der Waals surface area contributed by atoms with Crippen LogP contribution >= 0.6 is 22.5 Å². The van der Waals surface area contributed by atoms with Crippen molar-refractivity contribution >= 4 is 45.7 Å². The molecule has 3 aromatic rings. The minimum absolute atomic E-state index is 0.0252. The SMILES string of the molecule is Cc1ccc([C@H](Nc2n[s+]([O-])nc2Nc2cccc(C(N)=O)c2O)C(C)(C)C)s1. The number of benzene rings is 1. The third kappa shape index (κ3) is 4.66. The highest BCUT2D eigenvalue weighted by Crippen LogP contribution is 2.41. The van der Waals surface area contributed by atoms with E-state index < -0.39 is 17.0 Å². The van der Waals surface area contributed by atoms with E-state index >= 15 is 0 Å². The summed E-state index contributed by atoms with van der Waals surface area (Å²) in [6.45, 7) is 8.33. The summed E-state index contributed by atoms with van der Waals surface area (Å²) in [5, 5.41) is 16.6. The second-order valence-corrected chi connectivity index (χ2v) is 9.84. The van der Waals surface area contributed by atoms with Gasteiger partial charge < -0.3 is 26.0 Å². The molecule has 0 saturated carbocycles. The molecule has 2 heterocycles. The summed E-state index contributed by atoms with van der Waals surface area (Å²) in [5.74, 6) is -0.530. The van der Waals surface area contributed by atoms with Crippen LogP contribution in [0.15, 0.2) is 30.3 Å². The predicted molar refractivity (Wildman–Crippen MR) is 115 cm³/mol. The number of aromatic nitrogens is 2. The number of rotatable bonds is 6. The number of phenols is 1. The van der Waals surface area contributed by atoms with Crippen LogP contribution in [-0.2, 0) is 0 Å². The fourth-order valence-electron chi connectivity index (χ4n) is 2.87. The Morgan fingerprint density at radius 3 is 2.52 bits per heavy atom. The average Bonchev–Trinajstić information content (AvgIpc) is 3.18. The number of para-hydroxylation sites is 1. The Kier molecular flexibility index (Phi) is 5.78. The molecule has 5 N–H and O–H groups in total. The summed E-state index contributed by atoms with van der Waals surface area (Å²) in [6, 6.07) is 8.56. The molecule has 0 saturated heterocycles. The molecular formula is C19H23N5O3S2. The van der Waals surface area contributed by atoms with Crippen molar-refractivity contribution in [2.75, 3.05) is 10.6 Å². The Hall–Kier alpha value is -2.69. The summed E-state index contributed by atoms with van der Waals surface area (Å²) in [4.78, 5) is 13.8. The second kappa shape index (κ2) is 7.97. The molecule has 8 nitrogen and oxygen atoms in total. The summed E-state index contributed by atoms with van der Waals surface area (Å²) < 4.78 is 20.1. The van der Waals surface area contributed by atoms with Crippen molar-refractivity contribution in [2.24, 2.45) is 11.1 Å². The zero-order chi connectivity index (χ0) is 21.3. The van der Waals surface area contributed by atoms with Crippen LogP contribution in [0.4, 0.5) is 17.3 Å². The molecule has 154 valence electrons. The van der Waals surface area contributed by atoms with Crippen LogP contribution in [0.1, 0.15) is 46.9 Å². The van der Waals surface area contributed by atoms with Crippen molar-refractivity contribution in [3.05, 3.63) is 45.6 Å². The first-order valence-corrected chi connectivity index (χ1v) is 10.8. The van der Waals surface area contributed by atoms with E-state index in [1.807, 2.05) is 6.92 Å². The summed E-state index contributed by atoms with van der Waals surface area (Å²) in [7, 11) is 0. The Balaban J connectivity index is 1.95. The molecule has 0 fully saturated rings. The van der Waals surface area contributed by atoms with E-state index in [-0.39, 0.29) is 34.3 Å². The third-order valence-corrected chi connectivity index (χ3v) is 6.05. The minimum Gasteiger partial charge on any atom is -0.546 e. The van der Waals surface area contributed by atoms with E-state index in [9.17, 15) is 14.5 Å². The quantitative estimate of drug-likeness (QED) is 0.335. The zero-order valence-electron chi connectivity index (χ0n) is 16.5. The van der Waals surface area contributed by atoms with Crippen LogP contribution in [0.5, 0.6) is 5.75 Å². The summed E-state index contributed by atoms with van der Waals surface area (Å²) in [6.07, 6.45) is 0. The van der Waals surface area contributed by atoms with E-state index in [2.05, 4.69) is 52.3 Å². The monoisotopic (exact) mass is 433 g/mol. The van der Waals surface area contributed by atoms with E-state index in [1.54, 1.807) is 23.5 Å². The zero-order valence-corrected chi connectivity index (χ0v) is 18.1. The van der Waals surface area contributed by atoms with Gasteiger partial charge in [-0.3, -0.25) is 4.79 Å². The van der Waals surface area contributed by atoms with Crippen LogP contribution in [0.25, 0.3) is 0 Å². The summed E-state index contributed by atoms with van der Waals surface area (Å²) in [5.41, 5.74) is 5.31. The molecule has 3 rings (SSSR count). The lowest BCUT2D eigenvalue weighted by molar-refractivity contribution is 0.0998. The molecule has 0 aliphatic carbocycles. The van der Waals surface area contributed by atoms with Gasteiger partial charge in [0.25, 0.3) is 5.91 Å². The molecule has 0 radical (unpaired) electrons. The molecule has 1 aromatic carbocycles. The van der Waals surface area contributed by atoms with Crippen LogP contribution < -0.4 is 16.4 Å². The topological polar surface area (TPSA) is 136 Å². The number of nitrogens with zero attached hydrogens (tertiary/aromatic N) is 2. The number of primary amides is 1. The number of carbonyl (C=O) groups is 1. The third-order valence-electron chi connectivity index (χ3n) is 4.31. The number of hydrogen-bond donors (Lipinski definition) is 4. The number of anilines is 3. The largest absolute Gasteiger partial charge is 0.546 e. The Morgan fingerprint density at radius 2 is 1.93 bits per heavy atom. The smallest absolute Gasteiger partial charge is 0.252 e. The lowest BCUT2D eigenvalue weighted by Crippen LogP contribution is -2.25. The van der Waals surface area contributed by atoms with Crippen molar-refractivity contribution in [1.29, 1.82) is 0 Å². The molecular weight excluding hydrogens is 410 g/mol. The van der Waals surface area contributed by atoms with E-state index in [0.717, 1.165) is 4.88 Å². The Bertz CT molecular complexity index is 1040. The number of nitrogens with two attached hydrogens (primary N) is 1. The first-order chi connectivity index (χ1) is 13.6. The van der Waals surface area contributed by atoms with Crippen LogP contribution in [-0.4, -0.2) is 24.3 Å². The van der Waals surface area contributed by atoms with Crippen LogP contribution in [0, 0.1) is 12.3 Å². The highest BCUT2D eigenvalue weighted by Gasteiger charge is 2.31. The van der Waals surface area contributed by atoms with Gasteiger partial charge in [-0.15, -0.1) is 11.3 Å². The van der Waals surface area contributed by atoms with Gasteiger partial charge in [0.15, 0.2) is 16.9 Å². The van der Waals surface area contributed by atoms with E-state index in [0.29, 0.717) is 5.82 Å². The van der Waals surface area contributed by atoms with Crippen molar-refractivity contribution in [3.8, 4) is 5.75 Å². The number of thiophene rings is 1. The van der Waals surface area contributed by atoms with Gasteiger partial charge in [0.05, 0.1) is 17.3 Å². The van der Waals surface area contributed by atoms with Gasteiger partial charge in [-0.2, -0.15) is 0 Å². The molecule has 2 atom stereocenters. The highest BCUT2D eigenvalue weighted by atomic mass is 32.2. The molecule has 0 aliphatic heterocycles. The molecule has 0 aliphatic rings. The predicted octanol–water partition coefficient (Wildman–Crippen LogP) is 4.32. The number of nitrogens with one attached hydrogen (secondary N) is 2. The van der Waals surface area contributed by atoms with Crippen LogP contribution in [0.2, 0.25) is 0 Å². The summed E-state index contributed by atoms with van der Waals surface area (Å²) >= 11 is -0.116. The van der Waals surface area contributed by atoms with Gasteiger partial charge in [0, 0.05) is 18.5 Å². The van der Waals surface area contributed by atoms with Crippen molar-refractivity contribution in [3.63, 3.8) is 0 Å². The maximum Gasteiger partial charge on any atom is 0.252 e. The van der Waals surface area contributed by atoms with Gasteiger partial charge >= 0.3 is 0 Å². The maximum atomic E-state index is 12.0.